The number of unbranched alkanes of at least 4 members (excludes halogenated alkanes) is 4. The van der Waals surface area contributed by atoms with Crippen molar-refractivity contribution in [1.29, 1.82) is 0 Å². The minimum Gasteiger partial charge on any atom is -0.482 e. The second-order valence-corrected chi connectivity index (χ2v) is 15.2. The molecule has 0 saturated heterocycles. The standard InChI is InChI=1S/C40H63N3O7/c1-4-6-8-14-29(18-19-30-26(3)21-28-23-34-27(22-33(28)30)13-12-17-36(34)49-25-37(44)45)50-40(48)32-16-10-9-15-31(32)38(46)43-35(24-41)39(47)42-20-11-7-5-2/h12-13,17,26,28-33,35H,4-11,14-16,18-25,41H2,1-3H3,(H,42,47)(H,43,46)(H,44,45). The molecule has 4 rings (SSSR count). The van der Waals surface area contributed by atoms with Crippen LogP contribution in [0, 0.1) is 35.5 Å². The number of benzene rings is 1. The van der Waals surface area contributed by atoms with Crippen LogP contribution in [0.5, 0.6) is 5.75 Å². The van der Waals surface area contributed by atoms with Gasteiger partial charge in [0.15, 0.2) is 6.61 Å². The lowest BCUT2D eigenvalue weighted by molar-refractivity contribution is -0.161. The zero-order valence-corrected chi connectivity index (χ0v) is 30.8. The number of ether oxygens (including phenoxy) is 2. The largest absolute Gasteiger partial charge is 0.482 e. The van der Waals surface area contributed by atoms with Crippen LogP contribution in [-0.4, -0.2) is 60.7 Å². The topological polar surface area (TPSA) is 157 Å². The summed E-state index contributed by atoms with van der Waals surface area (Å²) in [6.45, 7) is 6.84. The number of carboxylic acids is 1. The molecule has 0 radical (unpaired) electrons. The van der Waals surface area contributed by atoms with Crippen molar-refractivity contribution in [3.8, 4) is 5.75 Å². The van der Waals surface area contributed by atoms with E-state index in [1.807, 2.05) is 12.1 Å². The Balaban J connectivity index is 1.38. The summed E-state index contributed by atoms with van der Waals surface area (Å²) >= 11 is 0. The Morgan fingerprint density at radius 3 is 2.44 bits per heavy atom. The van der Waals surface area contributed by atoms with Gasteiger partial charge in [0.05, 0.1) is 11.8 Å². The van der Waals surface area contributed by atoms with Crippen LogP contribution in [0.2, 0.25) is 0 Å². The molecule has 1 aromatic carbocycles. The zero-order chi connectivity index (χ0) is 36.0. The van der Waals surface area contributed by atoms with Crippen LogP contribution >= 0.6 is 0 Å². The maximum atomic E-state index is 13.8. The van der Waals surface area contributed by atoms with Gasteiger partial charge in [0.25, 0.3) is 0 Å². The number of rotatable bonds is 20. The van der Waals surface area contributed by atoms with Crippen molar-refractivity contribution in [3.05, 3.63) is 29.3 Å². The molecule has 0 heterocycles. The van der Waals surface area contributed by atoms with Gasteiger partial charge in [-0.05, 0) is 105 Å². The SMILES string of the molecule is CCCCCNC(=O)C(CN)NC(=O)C1CCCCC1C(=O)OC(CCCCC)CCC1C(C)CC2Cc3c(cccc3OCC(=O)O)CC21. The molecule has 1 aromatic rings. The van der Waals surface area contributed by atoms with Gasteiger partial charge in [0.2, 0.25) is 11.8 Å². The molecule has 3 aliphatic carbocycles. The molecule has 0 bridgehead atoms. The maximum Gasteiger partial charge on any atom is 0.341 e. The van der Waals surface area contributed by atoms with Crippen molar-refractivity contribution in [2.75, 3.05) is 19.7 Å². The molecule has 2 amide bonds. The maximum absolute atomic E-state index is 13.8. The number of hydrogen-bond acceptors (Lipinski definition) is 7. The second-order valence-electron chi connectivity index (χ2n) is 15.2. The molecule has 280 valence electrons. The number of amides is 2. The van der Waals surface area contributed by atoms with Crippen molar-refractivity contribution in [3.63, 3.8) is 0 Å². The zero-order valence-electron chi connectivity index (χ0n) is 30.8. The van der Waals surface area contributed by atoms with E-state index in [9.17, 15) is 19.2 Å². The van der Waals surface area contributed by atoms with Crippen LogP contribution in [-0.2, 0) is 36.8 Å². The highest BCUT2D eigenvalue weighted by Gasteiger charge is 2.44. The minimum atomic E-state index is -0.972. The first-order valence-electron chi connectivity index (χ1n) is 19.6. The van der Waals surface area contributed by atoms with Gasteiger partial charge in [-0.1, -0.05) is 71.4 Å². The highest BCUT2D eigenvalue weighted by molar-refractivity contribution is 5.91. The smallest absolute Gasteiger partial charge is 0.341 e. The molecule has 5 N–H and O–H groups in total. The Morgan fingerprint density at radius 1 is 0.980 bits per heavy atom. The van der Waals surface area contributed by atoms with Gasteiger partial charge in [-0.2, -0.15) is 0 Å². The van der Waals surface area contributed by atoms with Crippen molar-refractivity contribution >= 4 is 23.8 Å². The van der Waals surface area contributed by atoms with Crippen LogP contribution in [0.15, 0.2) is 18.2 Å². The summed E-state index contributed by atoms with van der Waals surface area (Å²) in [5.74, 6) is -0.0614. The van der Waals surface area contributed by atoms with Crippen LogP contribution in [0.25, 0.3) is 0 Å². The monoisotopic (exact) mass is 697 g/mol. The Kier molecular flexibility index (Phi) is 15.9. The normalized spacial score (nSPS) is 25.4. The Morgan fingerprint density at radius 2 is 1.72 bits per heavy atom. The first kappa shape index (κ1) is 39.6. The summed E-state index contributed by atoms with van der Waals surface area (Å²) in [4.78, 5) is 51.2. The highest BCUT2D eigenvalue weighted by atomic mass is 16.5. The fourth-order valence-corrected chi connectivity index (χ4v) is 8.94. The van der Waals surface area contributed by atoms with Gasteiger partial charge in [-0.25, -0.2) is 4.79 Å². The number of carbonyl (C=O) groups is 4. The molecule has 2 saturated carbocycles. The molecule has 0 aromatic heterocycles. The third-order valence-electron chi connectivity index (χ3n) is 11.7. The second kappa shape index (κ2) is 20.0. The summed E-state index contributed by atoms with van der Waals surface area (Å²) in [5, 5.41) is 14.9. The van der Waals surface area contributed by atoms with Crippen LogP contribution in [0.3, 0.4) is 0 Å². The summed E-state index contributed by atoms with van der Waals surface area (Å²) in [5.41, 5.74) is 8.31. The Labute approximate surface area is 299 Å². The van der Waals surface area contributed by atoms with Crippen molar-refractivity contribution in [1.82, 2.24) is 10.6 Å². The van der Waals surface area contributed by atoms with Gasteiger partial charge in [0, 0.05) is 13.1 Å². The van der Waals surface area contributed by atoms with E-state index in [1.165, 1.54) is 5.56 Å². The van der Waals surface area contributed by atoms with Crippen LogP contribution in [0.4, 0.5) is 0 Å². The number of carboxylic acid groups (broad SMARTS) is 1. The third kappa shape index (κ3) is 10.9. The predicted molar refractivity (Wildman–Crippen MR) is 193 cm³/mol. The number of hydrogen-bond donors (Lipinski definition) is 4. The molecule has 10 heteroatoms. The quantitative estimate of drug-likeness (QED) is 0.0960. The Hall–Kier alpha value is -3.14. The lowest BCUT2D eigenvalue weighted by Crippen LogP contribution is -2.53. The fraction of sp³-hybridized carbons (Fsp3) is 0.750. The van der Waals surface area contributed by atoms with Crippen molar-refractivity contribution in [2.24, 2.45) is 41.2 Å². The van der Waals surface area contributed by atoms with Crippen molar-refractivity contribution in [2.45, 2.75) is 136 Å². The lowest BCUT2D eigenvalue weighted by Gasteiger charge is -2.34. The third-order valence-corrected chi connectivity index (χ3v) is 11.7. The van der Waals surface area contributed by atoms with E-state index < -0.39 is 23.8 Å². The van der Waals surface area contributed by atoms with Gasteiger partial charge in [-0.15, -0.1) is 0 Å². The number of nitrogens with one attached hydrogen (secondary N) is 2. The molecule has 10 nitrogen and oxygen atoms in total. The van der Waals surface area contributed by atoms with Crippen molar-refractivity contribution < 1.29 is 33.8 Å². The number of nitrogens with two attached hydrogens (primary N) is 1. The molecule has 8 atom stereocenters. The summed E-state index contributed by atoms with van der Waals surface area (Å²) in [6.07, 6.45) is 14.4. The summed E-state index contributed by atoms with van der Waals surface area (Å²) in [6, 6.07) is 5.18. The number of carbonyl (C=O) groups excluding carboxylic acids is 3. The first-order chi connectivity index (χ1) is 24.2. The molecule has 8 unspecified atom stereocenters. The molecule has 3 aliphatic rings. The van der Waals surface area contributed by atoms with Gasteiger partial charge in [-0.3, -0.25) is 14.4 Å². The van der Waals surface area contributed by atoms with E-state index >= 15 is 0 Å². The predicted octanol–water partition coefficient (Wildman–Crippen LogP) is 5.97. The average molecular weight is 698 g/mol. The van der Waals surface area contributed by atoms with E-state index in [4.69, 9.17) is 20.3 Å². The molecular formula is C40H63N3O7. The van der Waals surface area contributed by atoms with Crippen LogP contribution in [0.1, 0.15) is 122 Å². The van der Waals surface area contributed by atoms with E-state index in [-0.39, 0.29) is 37.0 Å². The Bertz CT molecular complexity index is 1270. The van der Waals surface area contributed by atoms with Crippen LogP contribution < -0.4 is 21.1 Å². The molecule has 2 fully saturated rings. The van der Waals surface area contributed by atoms with Gasteiger partial charge in [0.1, 0.15) is 17.9 Å². The number of aliphatic carboxylic acids is 1. The van der Waals surface area contributed by atoms with E-state index in [1.54, 1.807) is 0 Å². The number of fused-ring (bicyclic) bond motifs is 2. The molecule has 0 aliphatic heterocycles. The summed E-state index contributed by atoms with van der Waals surface area (Å²) in [7, 11) is 0. The van der Waals surface area contributed by atoms with E-state index in [2.05, 4.69) is 37.5 Å². The highest BCUT2D eigenvalue weighted by Crippen LogP contribution is 2.51. The molecule has 50 heavy (non-hydrogen) atoms. The average Bonchev–Trinajstić information content (AvgIpc) is 3.42. The molecule has 0 spiro atoms. The van der Waals surface area contributed by atoms with E-state index in [0.29, 0.717) is 48.8 Å². The fourth-order valence-electron chi connectivity index (χ4n) is 8.94. The minimum absolute atomic E-state index is 0.000619. The van der Waals surface area contributed by atoms with Gasteiger partial charge >= 0.3 is 11.9 Å². The van der Waals surface area contributed by atoms with E-state index in [0.717, 1.165) is 95.5 Å². The van der Waals surface area contributed by atoms with Gasteiger partial charge < -0.3 is 30.9 Å². The first-order valence-corrected chi connectivity index (χ1v) is 19.6. The summed E-state index contributed by atoms with van der Waals surface area (Å²) < 4.78 is 12.0. The molecular weight excluding hydrogens is 634 g/mol. The lowest BCUT2D eigenvalue weighted by atomic mass is 9.73. The number of esters is 1.